The summed E-state index contributed by atoms with van der Waals surface area (Å²) in [6.07, 6.45) is 10.3. The summed E-state index contributed by atoms with van der Waals surface area (Å²) in [7, 11) is 0. The number of esters is 1. The minimum absolute atomic E-state index is 0.00855. The van der Waals surface area contributed by atoms with Crippen molar-refractivity contribution in [3.05, 3.63) is 36.0 Å². The van der Waals surface area contributed by atoms with Crippen LogP contribution >= 0.6 is 0 Å². The summed E-state index contributed by atoms with van der Waals surface area (Å²) in [5, 5.41) is 5.97. The Bertz CT molecular complexity index is 1100. The van der Waals surface area contributed by atoms with Crippen molar-refractivity contribution in [2.75, 3.05) is 19.8 Å². The van der Waals surface area contributed by atoms with E-state index in [1.165, 1.54) is 13.0 Å². The van der Waals surface area contributed by atoms with Gasteiger partial charge in [0.15, 0.2) is 6.29 Å². The molecule has 3 heterocycles. The van der Waals surface area contributed by atoms with E-state index >= 15 is 0 Å². The first-order chi connectivity index (χ1) is 21.8. The van der Waals surface area contributed by atoms with E-state index in [1.54, 1.807) is 13.0 Å². The van der Waals surface area contributed by atoms with E-state index in [4.69, 9.17) is 28.4 Å². The summed E-state index contributed by atoms with van der Waals surface area (Å²) in [5.41, 5.74) is 0.565. The van der Waals surface area contributed by atoms with Crippen molar-refractivity contribution in [1.82, 2.24) is 10.6 Å². The molecule has 11 heteroatoms. The summed E-state index contributed by atoms with van der Waals surface area (Å²) >= 11 is 0. The molecule has 3 saturated heterocycles. The Hall–Kier alpha value is -2.57. The molecular formula is C35H56N2O9. The number of rotatable bonds is 16. The van der Waals surface area contributed by atoms with E-state index in [1.807, 2.05) is 46.8 Å². The van der Waals surface area contributed by atoms with Crippen molar-refractivity contribution in [2.24, 2.45) is 5.92 Å². The number of amides is 2. The molecule has 0 aliphatic carbocycles. The van der Waals surface area contributed by atoms with E-state index in [9.17, 15) is 14.4 Å². The molecule has 1 spiro atoms. The highest BCUT2D eigenvalue weighted by Crippen LogP contribution is 2.45. The lowest BCUT2D eigenvalue weighted by Gasteiger charge is -2.40. The smallest absolute Gasteiger partial charge is 0.303 e. The lowest BCUT2D eigenvalue weighted by Crippen LogP contribution is -2.53. The van der Waals surface area contributed by atoms with Crippen LogP contribution in [0.2, 0.25) is 0 Å². The molecule has 3 rings (SSSR count). The third-order valence-corrected chi connectivity index (χ3v) is 8.62. The maximum Gasteiger partial charge on any atom is 0.303 e. The van der Waals surface area contributed by atoms with E-state index in [-0.39, 0.29) is 54.6 Å². The van der Waals surface area contributed by atoms with Gasteiger partial charge in [0, 0.05) is 32.6 Å². The average Bonchev–Trinajstić information content (AvgIpc) is 3.75. The highest BCUT2D eigenvalue weighted by molar-refractivity contribution is 5.87. The first kappa shape index (κ1) is 37.9. The number of epoxide rings is 1. The normalized spacial score (nSPS) is 32.8. The zero-order valence-electron chi connectivity index (χ0n) is 28.9. The van der Waals surface area contributed by atoms with Gasteiger partial charge < -0.3 is 39.1 Å². The van der Waals surface area contributed by atoms with Gasteiger partial charge in [-0.05, 0) is 65.9 Å². The van der Waals surface area contributed by atoms with Crippen LogP contribution < -0.4 is 10.6 Å². The molecule has 0 bridgehead atoms. The van der Waals surface area contributed by atoms with Gasteiger partial charge in [-0.3, -0.25) is 14.4 Å². The Balaban J connectivity index is 1.60. The molecule has 10 atom stereocenters. The van der Waals surface area contributed by atoms with Crippen molar-refractivity contribution < 1.29 is 42.8 Å². The zero-order valence-corrected chi connectivity index (χ0v) is 28.9. The van der Waals surface area contributed by atoms with Crippen LogP contribution in [0, 0.1) is 5.92 Å². The van der Waals surface area contributed by atoms with Gasteiger partial charge in [-0.1, -0.05) is 37.6 Å². The molecule has 3 aliphatic heterocycles. The van der Waals surface area contributed by atoms with Gasteiger partial charge in [0.05, 0.1) is 37.4 Å². The van der Waals surface area contributed by atoms with Crippen LogP contribution in [0.3, 0.4) is 0 Å². The summed E-state index contributed by atoms with van der Waals surface area (Å²) in [6, 6.07) is -0.120. The van der Waals surface area contributed by atoms with E-state index < -0.39 is 30.1 Å². The maximum atomic E-state index is 12.5. The molecule has 11 nitrogen and oxygen atoms in total. The van der Waals surface area contributed by atoms with Gasteiger partial charge in [0.1, 0.15) is 23.9 Å². The van der Waals surface area contributed by atoms with Gasteiger partial charge in [-0.2, -0.15) is 0 Å². The average molecular weight is 649 g/mol. The van der Waals surface area contributed by atoms with Crippen LogP contribution in [-0.2, 0) is 42.8 Å². The van der Waals surface area contributed by atoms with E-state index in [0.717, 1.165) is 24.8 Å². The van der Waals surface area contributed by atoms with Crippen LogP contribution in [0.25, 0.3) is 0 Å². The van der Waals surface area contributed by atoms with Gasteiger partial charge in [-0.15, -0.1) is 0 Å². The number of allylic oxidation sites excluding steroid dienone is 2. The second-order valence-corrected chi connectivity index (χ2v) is 12.8. The standard InChI is InChI=1S/C35H56N2O9/c1-9-17-36-33(40)19-28-20-35(21-42-35)34(45-27(8)41-10-2)31(46-28)15-12-22(3)11-14-30-23(4)18-29(25(6)44-30)37-32(39)16-13-24(5)43-26(7)38/h11-13,15-16,23-25,27-31,34H,9-10,14,17-21H2,1-8H3,(H,36,40)(H,37,39)/b15-12-,16-13-,22-11+/t23-,24-,25+,27?,28+,29+,30-,31+,34+,35+/m0/s1. The Morgan fingerprint density at radius 1 is 1.09 bits per heavy atom. The number of hydrogen-bond acceptors (Lipinski definition) is 9. The van der Waals surface area contributed by atoms with Gasteiger partial charge in [0.2, 0.25) is 11.8 Å². The summed E-state index contributed by atoms with van der Waals surface area (Å²) < 4.78 is 35.8. The molecule has 0 aromatic heterocycles. The van der Waals surface area contributed by atoms with Crippen LogP contribution in [0.15, 0.2) is 36.0 Å². The molecule has 260 valence electrons. The molecule has 0 saturated carbocycles. The molecule has 0 aromatic rings. The molecule has 3 fully saturated rings. The van der Waals surface area contributed by atoms with Crippen molar-refractivity contribution in [1.29, 1.82) is 0 Å². The molecule has 1 unspecified atom stereocenters. The summed E-state index contributed by atoms with van der Waals surface area (Å²) in [6.45, 7) is 16.8. The minimum atomic E-state index is -0.490. The Labute approximate surface area is 274 Å². The third-order valence-electron chi connectivity index (χ3n) is 8.62. The van der Waals surface area contributed by atoms with Crippen LogP contribution in [0.5, 0.6) is 0 Å². The first-order valence-corrected chi connectivity index (χ1v) is 16.8. The third kappa shape index (κ3) is 11.9. The lowest BCUT2D eigenvalue weighted by molar-refractivity contribution is -0.226. The number of carbonyl (C=O) groups excluding carboxylic acids is 3. The number of hydrogen-bond donors (Lipinski definition) is 2. The fourth-order valence-electron chi connectivity index (χ4n) is 6.09. The van der Waals surface area contributed by atoms with Gasteiger partial charge in [-0.25, -0.2) is 0 Å². The van der Waals surface area contributed by atoms with Crippen LogP contribution in [0.1, 0.15) is 87.5 Å². The Morgan fingerprint density at radius 3 is 2.48 bits per heavy atom. The topological polar surface area (TPSA) is 134 Å². The Kier molecular flexibility index (Phi) is 14.9. The molecule has 3 aliphatic rings. The molecule has 0 radical (unpaired) electrons. The quantitative estimate of drug-likeness (QED) is 0.0827. The second-order valence-electron chi connectivity index (χ2n) is 12.8. The van der Waals surface area contributed by atoms with Crippen molar-refractivity contribution in [2.45, 2.75) is 142 Å². The molecule has 46 heavy (non-hydrogen) atoms. The van der Waals surface area contributed by atoms with Crippen molar-refractivity contribution in [3.8, 4) is 0 Å². The second kappa shape index (κ2) is 18.1. The zero-order chi connectivity index (χ0) is 33.9. The first-order valence-electron chi connectivity index (χ1n) is 16.8. The predicted octanol–water partition coefficient (Wildman–Crippen LogP) is 4.30. The largest absolute Gasteiger partial charge is 0.459 e. The summed E-state index contributed by atoms with van der Waals surface area (Å²) in [4.78, 5) is 36.0. The summed E-state index contributed by atoms with van der Waals surface area (Å²) in [5.74, 6) is -0.426. The van der Waals surface area contributed by atoms with Gasteiger partial charge in [0.25, 0.3) is 0 Å². The number of nitrogens with one attached hydrogen (secondary N) is 2. The fraction of sp³-hybridized carbons (Fsp3) is 0.743. The number of ether oxygens (including phenoxy) is 6. The van der Waals surface area contributed by atoms with E-state index in [2.05, 4.69) is 23.6 Å². The predicted molar refractivity (Wildman–Crippen MR) is 174 cm³/mol. The number of carbonyl (C=O) groups is 3. The molecule has 2 amide bonds. The van der Waals surface area contributed by atoms with E-state index in [0.29, 0.717) is 26.2 Å². The highest BCUT2D eigenvalue weighted by Gasteiger charge is 2.60. The van der Waals surface area contributed by atoms with Crippen molar-refractivity contribution >= 4 is 17.8 Å². The fourth-order valence-corrected chi connectivity index (χ4v) is 6.09. The SMILES string of the molecule is CCCNC(=O)C[C@@H]1C[C@@]2(CO2)[C@H](OC(C)OCC)[C@@H](/C=C\C(C)=C\C[C@@H]2O[C@H](C)[C@H](NC(=O)/C=C\[C@H](C)OC(C)=O)C[C@@H]2C)O1. The maximum absolute atomic E-state index is 12.5. The van der Waals surface area contributed by atoms with Gasteiger partial charge >= 0.3 is 5.97 Å². The minimum Gasteiger partial charge on any atom is -0.459 e. The Morgan fingerprint density at radius 2 is 1.83 bits per heavy atom. The van der Waals surface area contributed by atoms with Crippen LogP contribution in [-0.4, -0.2) is 92.1 Å². The monoisotopic (exact) mass is 648 g/mol. The molecule has 2 N–H and O–H groups in total. The van der Waals surface area contributed by atoms with Crippen molar-refractivity contribution in [3.63, 3.8) is 0 Å². The lowest BCUT2D eigenvalue weighted by atomic mass is 9.87. The molecule has 0 aromatic carbocycles. The highest BCUT2D eigenvalue weighted by atomic mass is 16.7. The molecular weight excluding hydrogens is 592 g/mol. The van der Waals surface area contributed by atoms with Crippen LogP contribution in [0.4, 0.5) is 0 Å².